The Morgan fingerprint density at radius 1 is 1.03 bits per heavy atom. The first kappa shape index (κ1) is 25.4. The van der Waals surface area contributed by atoms with Gasteiger partial charge < -0.3 is 19.1 Å². The van der Waals surface area contributed by atoms with E-state index >= 15 is 0 Å². The zero-order valence-electron chi connectivity index (χ0n) is 19.8. The summed E-state index contributed by atoms with van der Waals surface area (Å²) in [6.07, 6.45) is 1.18. The van der Waals surface area contributed by atoms with Crippen LogP contribution in [0.3, 0.4) is 0 Å². The van der Waals surface area contributed by atoms with E-state index in [4.69, 9.17) is 14.2 Å². The molecular weight excluding hydrogens is 475 g/mol. The fourth-order valence-electron chi connectivity index (χ4n) is 4.50. The van der Waals surface area contributed by atoms with Gasteiger partial charge in [0.25, 0.3) is 0 Å². The third-order valence-corrected chi connectivity index (χ3v) is 8.61. The Morgan fingerprint density at radius 2 is 1.71 bits per heavy atom. The Balaban J connectivity index is 1.49. The van der Waals surface area contributed by atoms with Crippen LogP contribution in [0.4, 0.5) is 4.39 Å². The van der Waals surface area contributed by atoms with Gasteiger partial charge in [0.2, 0.25) is 15.9 Å². The van der Waals surface area contributed by atoms with Gasteiger partial charge in [-0.25, -0.2) is 12.8 Å². The van der Waals surface area contributed by atoms with Crippen LogP contribution >= 0.6 is 0 Å². The van der Waals surface area contributed by atoms with E-state index in [1.165, 1.54) is 29.6 Å². The highest BCUT2D eigenvalue weighted by atomic mass is 32.2. The number of piperidine rings is 1. The topological polar surface area (TPSA) is 85.4 Å². The summed E-state index contributed by atoms with van der Waals surface area (Å²) in [6, 6.07) is 12.2. The second-order valence-corrected chi connectivity index (χ2v) is 10.9. The Morgan fingerprint density at radius 3 is 2.37 bits per heavy atom. The number of nitrogens with zero attached hydrogens (tertiary/aromatic N) is 2. The van der Waals surface area contributed by atoms with Crippen LogP contribution < -0.4 is 9.47 Å². The van der Waals surface area contributed by atoms with Crippen LogP contribution in [0.2, 0.25) is 0 Å². The van der Waals surface area contributed by atoms with Crippen molar-refractivity contribution in [1.29, 1.82) is 0 Å². The van der Waals surface area contributed by atoms with Crippen molar-refractivity contribution in [2.75, 3.05) is 53.1 Å². The van der Waals surface area contributed by atoms with Crippen LogP contribution in [-0.2, 0) is 19.6 Å². The number of sulfonamides is 1. The second-order valence-electron chi connectivity index (χ2n) is 9.00. The lowest BCUT2D eigenvalue weighted by atomic mass is 9.76. The summed E-state index contributed by atoms with van der Waals surface area (Å²) < 4.78 is 57.8. The fourth-order valence-corrected chi connectivity index (χ4v) is 5.97. The predicted molar refractivity (Wildman–Crippen MR) is 127 cm³/mol. The van der Waals surface area contributed by atoms with E-state index in [0.29, 0.717) is 50.6 Å². The maximum atomic E-state index is 13.3. The number of halogens is 1. The van der Waals surface area contributed by atoms with Crippen molar-refractivity contribution >= 4 is 15.9 Å². The Labute approximate surface area is 205 Å². The molecule has 8 nitrogen and oxygen atoms in total. The normalized spacial score (nSPS) is 18.7. The lowest BCUT2D eigenvalue weighted by molar-refractivity contribution is -0.139. The van der Waals surface area contributed by atoms with E-state index in [-0.39, 0.29) is 42.7 Å². The van der Waals surface area contributed by atoms with E-state index in [2.05, 4.69) is 0 Å². The summed E-state index contributed by atoms with van der Waals surface area (Å²) >= 11 is 0. The molecule has 2 heterocycles. The molecule has 1 amide bonds. The van der Waals surface area contributed by atoms with Crippen molar-refractivity contribution in [2.45, 2.75) is 24.2 Å². The van der Waals surface area contributed by atoms with Crippen LogP contribution in [0.1, 0.15) is 19.3 Å². The molecule has 2 aliphatic heterocycles. The lowest BCUT2D eigenvalue weighted by Crippen LogP contribution is -2.49. The number of hydrogen-bond donors (Lipinski definition) is 0. The van der Waals surface area contributed by atoms with Gasteiger partial charge >= 0.3 is 0 Å². The first-order valence-electron chi connectivity index (χ1n) is 11.7. The smallest absolute Gasteiger partial charge is 0.243 e. The number of morpholine rings is 1. The summed E-state index contributed by atoms with van der Waals surface area (Å²) in [5.74, 6) is 0.642. The molecule has 4 rings (SSSR count). The van der Waals surface area contributed by atoms with Crippen molar-refractivity contribution in [3.05, 3.63) is 54.3 Å². The van der Waals surface area contributed by atoms with E-state index in [9.17, 15) is 17.6 Å². The van der Waals surface area contributed by atoms with Gasteiger partial charge in [-0.15, -0.1) is 0 Å². The van der Waals surface area contributed by atoms with E-state index in [1.54, 1.807) is 35.2 Å². The van der Waals surface area contributed by atoms with Gasteiger partial charge in [0.05, 0.1) is 31.8 Å². The summed E-state index contributed by atoms with van der Waals surface area (Å²) in [6.45, 7) is 2.89. The molecule has 2 aromatic carbocycles. The third-order valence-electron chi connectivity index (χ3n) is 6.71. The van der Waals surface area contributed by atoms with Crippen LogP contribution in [0.15, 0.2) is 53.4 Å². The molecule has 10 heteroatoms. The molecule has 0 atom stereocenters. The largest absolute Gasteiger partial charge is 0.497 e. The van der Waals surface area contributed by atoms with Crippen LogP contribution in [0, 0.1) is 11.2 Å². The standard InChI is InChI=1S/C25H31FN2O6S/c1-32-22-3-2-4-23(17-22)35(30,31)28-11-9-25(10-12-28,18-24(29)27-13-15-33-16-14-27)19-34-21-7-5-20(26)6-8-21/h2-8,17H,9-16,18-19H2,1H3. The number of methoxy groups -OCH3 is 1. The highest BCUT2D eigenvalue weighted by Crippen LogP contribution is 2.38. The van der Waals surface area contributed by atoms with E-state index in [1.807, 2.05) is 0 Å². The first-order valence-corrected chi connectivity index (χ1v) is 13.1. The molecule has 0 N–H and O–H groups in total. The first-order chi connectivity index (χ1) is 16.8. The summed E-state index contributed by atoms with van der Waals surface area (Å²) in [5.41, 5.74) is -0.538. The lowest BCUT2D eigenvalue weighted by Gasteiger charge is -2.41. The molecule has 190 valence electrons. The molecule has 0 aliphatic carbocycles. The average molecular weight is 507 g/mol. The highest BCUT2D eigenvalue weighted by molar-refractivity contribution is 7.89. The van der Waals surface area contributed by atoms with Crippen molar-refractivity contribution < 1.29 is 31.8 Å². The van der Waals surface area contributed by atoms with E-state index < -0.39 is 15.4 Å². The third kappa shape index (κ3) is 6.12. The zero-order valence-corrected chi connectivity index (χ0v) is 20.6. The minimum absolute atomic E-state index is 0.0140. The molecule has 0 spiro atoms. The van der Waals surface area contributed by atoms with Gasteiger partial charge in [-0.3, -0.25) is 4.79 Å². The Bertz CT molecular complexity index is 1110. The highest BCUT2D eigenvalue weighted by Gasteiger charge is 2.41. The molecular formula is C25H31FN2O6S. The molecule has 35 heavy (non-hydrogen) atoms. The van der Waals surface area contributed by atoms with Gasteiger partial charge in [-0.1, -0.05) is 6.07 Å². The van der Waals surface area contributed by atoms with Gasteiger partial charge in [0.1, 0.15) is 17.3 Å². The predicted octanol–water partition coefficient (Wildman–Crippen LogP) is 2.93. The van der Waals surface area contributed by atoms with E-state index in [0.717, 1.165) is 0 Å². The summed E-state index contributed by atoms with van der Waals surface area (Å²) in [5, 5.41) is 0. The molecule has 2 saturated heterocycles. The molecule has 0 unspecified atom stereocenters. The van der Waals surface area contributed by atoms with Gasteiger partial charge in [0, 0.05) is 44.1 Å². The van der Waals surface area contributed by atoms with Crippen LogP contribution in [-0.4, -0.2) is 76.6 Å². The fraction of sp³-hybridized carbons (Fsp3) is 0.480. The van der Waals surface area contributed by atoms with Crippen molar-refractivity contribution in [3.8, 4) is 11.5 Å². The monoisotopic (exact) mass is 506 g/mol. The molecule has 0 aromatic heterocycles. The number of ether oxygens (including phenoxy) is 3. The minimum Gasteiger partial charge on any atom is -0.497 e. The van der Waals surface area contributed by atoms with Crippen molar-refractivity contribution in [2.24, 2.45) is 5.41 Å². The molecule has 2 aromatic rings. The van der Waals surface area contributed by atoms with Gasteiger partial charge in [-0.05, 0) is 49.2 Å². The van der Waals surface area contributed by atoms with Crippen molar-refractivity contribution in [1.82, 2.24) is 9.21 Å². The number of amides is 1. The maximum absolute atomic E-state index is 13.3. The van der Waals surface area contributed by atoms with Crippen molar-refractivity contribution in [3.63, 3.8) is 0 Å². The average Bonchev–Trinajstić information content (AvgIpc) is 2.89. The molecule has 2 fully saturated rings. The quantitative estimate of drug-likeness (QED) is 0.547. The second kappa shape index (κ2) is 10.9. The van der Waals surface area contributed by atoms with Gasteiger partial charge in [-0.2, -0.15) is 4.31 Å². The number of rotatable bonds is 8. The number of hydrogen-bond acceptors (Lipinski definition) is 6. The molecule has 2 aliphatic rings. The SMILES string of the molecule is COc1cccc(S(=O)(=O)N2CCC(COc3ccc(F)cc3)(CC(=O)N3CCOCC3)CC2)c1. The molecule has 0 radical (unpaired) electrons. The molecule has 0 bridgehead atoms. The van der Waals surface area contributed by atoms with Crippen LogP contribution in [0.25, 0.3) is 0 Å². The Hall–Kier alpha value is -2.69. The molecule has 0 saturated carbocycles. The minimum atomic E-state index is -3.71. The maximum Gasteiger partial charge on any atom is 0.243 e. The van der Waals surface area contributed by atoms with Crippen LogP contribution in [0.5, 0.6) is 11.5 Å². The summed E-state index contributed by atoms with van der Waals surface area (Å²) in [7, 11) is -2.21. The number of carbonyl (C=O) groups is 1. The zero-order chi connectivity index (χ0) is 24.9. The summed E-state index contributed by atoms with van der Waals surface area (Å²) in [4.78, 5) is 15.1. The number of carbonyl (C=O) groups excluding carboxylic acids is 1. The van der Waals surface area contributed by atoms with Gasteiger partial charge in [0.15, 0.2) is 0 Å². The number of benzene rings is 2. The Kier molecular flexibility index (Phi) is 7.93.